The number of hydrogen-bond acceptors (Lipinski definition) is 6. The topological polar surface area (TPSA) is 85.4 Å². The number of amidine groups is 1. The Labute approximate surface area is 104 Å². The minimum Gasteiger partial charge on any atom is -0.460 e. The van der Waals surface area contributed by atoms with E-state index in [0.717, 1.165) is 16.6 Å². The van der Waals surface area contributed by atoms with Crippen LogP contribution in [0.2, 0.25) is 0 Å². The van der Waals surface area contributed by atoms with Crippen LogP contribution in [0.1, 0.15) is 6.92 Å². The molecule has 0 spiro atoms. The number of rotatable bonds is 1. The average Bonchev–Trinajstić information content (AvgIpc) is 2.76. The van der Waals surface area contributed by atoms with Gasteiger partial charge in [-0.3, -0.25) is 0 Å². The van der Waals surface area contributed by atoms with Crippen LogP contribution in [0, 0.1) is 0 Å². The van der Waals surface area contributed by atoms with Gasteiger partial charge in [-0.1, -0.05) is 0 Å². The van der Waals surface area contributed by atoms with E-state index in [-0.39, 0.29) is 6.10 Å². The molecule has 2 aromatic rings. The number of anilines is 2. The van der Waals surface area contributed by atoms with Crippen LogP contribution in [0.3, 0.4) is 0 Å². The van der Waals surface area contributed by atoms with Crippen molar-refractivity contribution in [3.8, 4) is 0 Å². The molecule has 0 saturated carbocycles. The fraction of sp³-hybridized carbons (Fsp3) is 0.250. The van der Waals surface area contributed by atoms with E-state index < -0.39 is 0 Å². The highest BCUT2D eigenvalue weighted by Crippen LogP contribution is 2.21. The monoisotopic (exact) mass is 243 g/mol. The van der Waals surface area contributed by atoms with Crippen LogP contribution in [0.25, 0.3) is 10.9 Å². The smallest absolute Gasteiger partial charge is 0.289 e. The molecule has 6 nitrogen and oxygen atoms in total. The first-order chi connectivity index (χ1) is 8.72. The molecule has 0 radical (unpaired) electrons. The summed E-state index contributed by atoms with van der Waals surface area (Å²) in [5.74, 6) is 0.464. The third-order valence-electron chi connectivity index (χ3n) is 2.72. The van der Waals surface area contributed by atoms with Crippen molar-refractivity contribution in [2.24, 2.45) is 4.99 Å². The number of nitrogens with one attached hydrogen (secondary N) is 1. The Bertz CT molecular complexity index is 625. The summed E-state index contributed by atoms with van der Waals surface area (Å²) < 4.78 is 5.48. The van der Waals surface area contributed by atoms with E-state index in [9.17, 15) is 0 Å². The molecule has 1 unspecified atom stereocenters. The summed E-state index contributed by atoms with van der Waals surface area (Å²) >= 11 is 0. The second kappa shape index (κ2) is 4.14. The predicted molar refractivity (Wildman–Crippen MR) is 70.4 cm³/mol. The van der Waals surface area contributed by atoms with Gasteiger partial charge in [-0.15, -0.1) is 0 Å². The van der Waals surface area contributed by atoms with Gasteiger partial charge >= 0.3 is 0 Å². The highest BCUT2D eigenvalue weighted by Gasteiger charge is 2.15. The zero-order valence-electron chi connectivity index (χ0n) is 9.92. The molecule has 1 aromatic heterocycles. The van der Waals surface area contributed by atoms with Gasteiger partial charge in [-0.2, -0.15) is 0 Å². The molecule has 0 amide bonds. The Morgan fingerprint density at radius 2 is 2.28 bits per heavy atom. The number of hydrogen-bond donors (Lipinski definition) is 2. The fourth-order valence-corrected chi connectivity index (χ4v) is 1.82. The number of ether oxygens (including phenoxy) is 1. The first-order valence-electron chi connectivity index (χ1n) is 5.71. The van der Waals surface area contributed by atoms with Crippen LogP contribution in [0.5, 0.6) is 0 Å². The van der Waals surface area contributed by atoms with Crippen LogP contribution in [-0.2, 0) is 4.74 Å². The molecule has 18 heavy (non-hydrogen) atoms. The maximum absolute atomic E-state index is 5.81. The van der Waals surface area contributed by atoms with Crippen LogP contribution >= 0.6 is 0 Å². The Morgan fingerprint density at radius 1 is 1.39 bits per heavy atom. The molecule has 1 atom stereocenters. The Kier molecular flexibility index (Phi) is 2.47. The largest absolute Gasteiger partial charge is 0.460 e. The third kappa shape index (κ3) is 1.92. The summed E-state index contributed by atoms with van der Waals surface area (Å²) in [5, 5.41) is 3.92. The molecule has 3 rings (SSSR count). The van der Waals surface area contributed by atoms with Crippen molar-refractivity contribution in [2.75, 3.05) is 17.6 Å². The van der Waals surface area contributed by atoms with E-state index in [1.54, 1.807) is 0 Å². The SMILES string of the molecule is CC1CN=C(Nc2ccc3ncnc(N)c3c2)O1. The Balaban J connectivity index is 1.91. The highest BCUT2D eigenvalue weighted by atomic mass is 16.5. The van der Waals surface area contributed by atoms with E-state index in [4.69, 9.17) is 10.5 Å². The Morgan fingerprint density at radius 3 is 3.06 bits per heavy atom. The molecular weight excluding hydrogens is 230 g/mol. The van der Waals surface area contributed by atoms with Gasteiger partial charge in [0, 0.05) is 11.1 Å². The number of nitrogen functional groups attached to an aromatic ring is 1. The minimum absolute atomic E-state index is 0.126. The lowest BCUT2D eigenvalue weighted by atomic mass is 10.2. The van der Waals surface area contributed by atoms with Gasteiger partial charge in [0.15, 0.2) is 0 Å². The molecule has 1 aliphatic heterocycles. The van der Waals surface area contributed by atoms with Gasteiger partial charge in [0.2, 0.25) is 0 Å². The predicted octanol–water partition coefficient (Wildman–Crippen LogP) is 1.40. The van der Waals surface area contributed by atoms with Crippen molar-refractivity contribution in [3.63, 3.8) is 0 Å². The molecule has 2 heterocycles. The zero-order valence-corrected chi connectivity index (χ0v) is 9.92. The molecule has 0 bridgehead atoms. The maximum Gasteiger partial charge on any atom is 0.289 e. The van der Waals surface area contributed by atoms with Gasteiger partial charge in [-0.05, 0) is 25.1 Å². The van der Waals surface area contributed by atoms with E-state index in [2.05, 4.69) is 20.3 Å². The number of nitrogens with zero attached hydrogens (tertiary/aromatic N) is 3. The summed E-state index contributed by atoms with van der Waals surface area (Å²) in [5.41, 5.74) is 7.49. The summed E-state index contributed by atoms with van der Waals surface area (Å²) in [6.07, 6.45) is 1.58. The second-order valence-corrected chi connectivity index (χ2v) is 4.19. The number of benzene rings is 1. The van der Waals surface area contributed by atoms with Crippen molar-refractivity contribution in [3.05, 3.63) is 24.5 Å². The van der Waals surface area contributed by atoms with Gasteiger partial charge in [0.25, 0.3) is 6.02 Å². The number of aliphatic imine (C=N–C) groups is 1. The molecule has 1 aliphatic rings. The van der Waals surface area contributed by atoms with Gasteiger partial charge in [0.1, 0.15) is 18.2 Å². The third-order valence-corrected chi connectivity index (χ3v) is 2.72. The Hall–Kier alpha value is -2.37. The van der Waals surface area contributed by atoms with Gasteiger partial charge in [-0.25, -0.2) is 15.0 Å². The summed E-state index contributed by atoms with van der Waals surface area (Å²) in [4.78, 5) is 12.4. The van der Waals surface area contributed by atoms with Gasteiger partial charge < -0.3 is 15.8 Å². The molecule has 0 saturated heterocycles. The van der Waals surface area contributed by atoms with Crippen LogP contribution in [0.4, 0.5) is 11.5 Å². The molecule has 6 heteroatoms. The molecule has 3 N–H and O–H groups in total. The second-order valence-electron chi connectivity index (χ2n) is 4.19. The van der Waals surface area contributed by atoms with E-state index in [1.807, 2.05) is 25.1 Å². The molecule has 0 aliphatic carbocycles. The lowest BCUT2D eigenvalue weighted by Gasteiger charge is -2.09. The fourth-order valence-electron chi connectivity index (χ4n) is 1.82. The molecule has 0 fully saturated rings. The van der Waals surface area contributed by atoms with Crippen LogP contribution in [0.15, 0.2) is 29.5 Å². The molecule has 92 valence electrons. The first kappa shape index (κ1) is 10.8. The van der Waals surface area contributed by atoms with Crippen molar-refractivity contribution in [1.29, 1.82) is 0 Å². The standard InChI is InChI=1S/C12H13N5O/c1-7-5-14-12(18-7)17-8-2-3-10-9(4-8)11(13)16-6-15-10/h2-4,6-7H,5H2,1H3,(H,14,17)(H2,13,15,16). The quantitative estimate of drug-likeness (QED) is 0.790. The zero-order chi connectivity index (χ0) is 12.5. The van der Waals surface area contributed by atoms with Crippen molar-refractivity contribution in [1.82, 2.24) is 9.97 Å². The van der Waals surface area contributed by atoms with Crippen LogP contribution < -0.4 is 11.1 Å². The summed E-state index contributed by atoms with van der Waals surface area (Å²) in [6.45, 7) is 2.66. The van der Waals surface area contributed by atoms with Crippen molar-refractivity contribution < 1.29 is 4.74 Å². The summed E-state index contributed by atoms with van der Waals surface area (Å²) in [6, 6.07) is 6.22. The van der Waals surface area contributed by atoms with Crippen molar-refractivity contribution >= 4 is 28.4 Å². The van der Waals surface area contributed by atoms with Crippen LogP contribution in [-0.4, -0.2) is 28.6 Å². The average molecular weight is 243 g/mol. The number of fused-ring (bicyclic) bond motifs is 1. The van der Waals surface area contributed by atoms with E-state index in [0.29, 0.717) is 18.4 Å². The summed E-state index contributed by atoms with van der Waals surface area (Å²) in [7, 11) is 0. The minimum atomic E-state index is 0.126. The lowest BCUT2D eigenvalue weighted by Crippen LogP contribution is -2.15. The number of aromatic nitrogens is 2. The highest BCUT2D eigenvalue weighted by molar-refractivity contribution is 5.95. The molecular formula is C12H13N5O. The lowest BCUT2D eigenvalue weighted by molar-refractivity contribution is 0.245. The normalized spacial score (nSPS) is 18.5. The first-order valence-corrected chi connectivity index (χ1v) is 5.71. The maximum atomic E-state index is 5.81. The van der Waals surface area contributed by atoms with Gasteiger partial charge in [0.05, 0.1) is 12.1 Å². The number of nitrogens with two attached hydrogens (primary N) is 1. The van der Waals surface area contributed by atoms with Crippen molar-refractivity contribution in [2.45, 2.75) is 13.0 Å². The molecule has 1 aromatic carbocycles. The van der Waals surface area contributed by atoms with E-state index in [1.165, 1.54) is 6.33 Å². The van der Waals surface area contributed by atoms with E-state index >= 15 is 0 Å².